The van der Waals surface area contributed by atoms with Crippen LogP contribution in [0.2, 0.25) is 0 Å². The van der Waals surface area contributed by atoms with Crippen molar-refractivity contribution in [1.82, 2.24) is 5.32 Å². The van der Waals surface area contributed by atoms with Crippen LogP contribution in [0.4, 0.5) is 0 Å². The zero-order chi connectivity index (χ0) is 18.1. The second-order valence-electron chi connectivity index (χ2n) is 5.85. The molecule has 2 aromatic rings. The molecular weight excluding hydrogens is 382 g/mol. The first kappa shape index (κ1) is 19.8. The van der Waals surface area contributed by atoms with Crippen molar-refractivity contribution in [3.63, 3.8) is 0 Å². The van der Waals surface area contributed by atoms with Crippen LogP contribution in [-0.4, -0.2) is 27.4 Å². The number of nitrogens with one attached hydrogen (secondary N) is 1. The van der Waals surface area contributed by atoms with Gasteiger partial charge in [0.05, 0.1) is 11.6 Å². The van der Waals surface area contributed by atoms with Gasteiger partial charge in [-0.15, -0.1) is 0 Å². The topological polar surface area (TPSA) is 39.7 Å². The molecule has 2 rings (SSSR count). The minimum absolute atomic E-state index is 0.510. The lowest BCUT2D eigenvalue weighted by molar-refractivity contribution is 0.194. The highest BCUT2D eigenvalue weighted by atomic mass is 79.9. The van der Waals surface area contributed by atoms with Gasteiger partial charge in [0.2, 0.25) is 0 Å². The van der Waals surface area contributed by atoms with E-state index in [-0.39, 0.29) is 0 Å². The van der Waals surface area contributed by atoms with Gasteiger partial charge in [-0.1, -0.05) is 24.3 Å². The SMILES string of the molecule is COCCCNCc1cc(Br)c(OCc2ccccc2C)c(OC)c1. The molecule has 1 N–H and O–H groups in total. The fourth-order valence-electron chi connectivity index (χ4n) is 2.51. The molecule has 4 nitrogen and oxygen atoms in total. The molecule has 5 heteroatoms. The highest BCUT2D eigenvalue weighted by Gasteiger charge is 2.12. The van der Waals surface area contributed by atoms with Crippen LogP contribution in [0.5, 0.6) is 11.5 Å². The average Bonchev–Trinajstić information content (AvgIpc) is 2.61. The minimum Gasteiger partial charge on any atom is -0.493 e. The quantitative estimate of drug-likeness (QED) is 0.589. The van der Waals surface area contributed by atoms with Crippen LogP contribution < -0.4 is 14.8 Å². The monoisotopic (exact) mass is 407 g/mol. The Kier molecular flexibility index (Phi) is 8.25. The molecule has 0 heterocycles. The second-order valence-corrected chi connectivity index (χ2v) is 6.70. The predicted octanol–water partition coefficient (Wildman–Crippen LogP) is 4.47. The summed E-state index contributed by atoms with van der Waals surface area (Å²) in [5, 5.41) is 3.40. The van der Waals surface area contributed by atoms with Crippen molar-refractivity contribution in [3.05, 3.63) is 57.6 Å². The van der Waals surface area contributed by atoms with Crippen molar-refractivity contribution in [2.45, 2.75) is 26.5 Å². The van der Waals surface area contributed by atoms with Crippen molar-refractivity contribution >= 4 is 15.9 Å². The van der Waals surface area contributed by atoms with Gasteiger partial charge < -0.3 is 19.5 Å². The molecule has 0 fully saturated rings. The molecule has 0 radical (unpaired) electrons. The molecule has 0 spiro atoms. The summed E-state index contributed by atoms with van der Waals surface area (Å²) in [6.07, 6.45) is 0.992. The van der Waals surface area contributed by atoms with Crippen LogP contribution in [0.15, 0.2) is 40.9 Å². The molecule has 0 saturated heterocycles. The third-order valence-electron chi connectivity index (χ3n) is 3.95. The number of ether oxygens (including phenoxy) is 3. The van der Waals surface area contributed by atoms with Crippen LogP contribution in [0, 0.1) is 6.92 Å². The number of methoxy groups -OCH3 is 2. The van der Waals surface area contributed by atoms with Gasteiger partial charge in [-0.05, 0) is 64.6 Å². The molecule has 0 aliphatic carbocycles. The summed E-state index contributed by atoms with van der Waals surface area (Å²) in [5.74, 6) is 1.46. The molecule has 2 aromatic carbocycles. The normalized spacial score (nSPS) is 10.7. The zero-order valence-corrected chi connectivity index (χ0v) is 16.7. The Morgan fingerprint density at radius 2 is 1.92 bits per heavy atom. The lowest BCUT2D eigenvalue weighted by Gasteiger charge is -2.15. The van der Waals surface area contributed by atoms with E-state index in [1.54, 1.807) is 14.2 Å². The van der Waals surface area contributed by atoms with Gasteiger partial charge in [-0.2, -0.15) is 0 Å². The van der Waals surface area contributed by atoms with Crippen molar-refractivity contribution < 1.29 is 14.2 Å². The zero-order valence-electron chi connectivity index (χ0n) is 15.1. The van der Waals surface area contributed by atoms with Gasteiger partial charge in [0.15, 0.2) is 11.5 Å². The standard InChI is InChI=1S/C20H26BrNO3/c1-15-7-4-5-8-17(15)14-25-20-18(21)11-16(12-19(20)24-3)13-22-9-6-10-23-2/h4-5,7-8,11-12,22H,6,9-10,13-14H2,1-3H3. The van der Waals surface area contributed by atoms with E-state index in [0.29, 0.717) is 6.61 Å². The van der Waals surface area contributed by atoms with Crippen LogP contribution in [0.1, 0.15) is 23.1 Å². The average molecular weight is 408 g/mol. The van der Waals surface area contributed by atoms with Gasteiger partial charge in [0, 0.05) is 20.3 Å². The first-order chi connectivity index (χ1) is 12.2. The number of hydrogen-bond donors (Lipinski definition) is 1. The van der Waals surface area contributed by atoms with Crippen LogP contribution in [0.25, 0.3) is 0 Å². The highest BCUT2D eigenvalue weighted by molar-refractivity contribution is 9.10. The summed E-state index contributed by atoms with van der Waals surface area (Å²) < 4.78 is 17.5. The number of benzene rings is 2. The molecule has 25 heavy (non-hydrogen) atoms. The lowest BCUT2D eigenvalue weighted by Crippen LogP contribution is -2.16. The van der Waals surface area contributed by atoms with E-state index in [0.717, 1.165) is 47.7 Å². The summed E-state index contributed by atoms with van der Waals surface area (Å²) in [6, 6.07) is 12.3. The second kappa shape index (κ2) is 10.4. The number of rotatable bonds is 10. The summed E-state index contributed by atoms with van der Waals surface area (Å²) in [4.78, 5) is 0. The molecule has 0 bridgehead atoms. The fraction of sp³-hybridized carbons (Fsp3) is 0.400. The van der Waals surface area contributed by atoms with Gasteiger partial charge in [0.1, 0.15) is 6.61 Å². The Balaban J connectivity index is 2.02. The molecule has 0 aromatic heterocycles. The number of halogens is 1. The van der Waals surface area contributed by atoms with E-state index >= 15 is 0 Å². The number of hydrogen-bond acceptors (Lipinski definition) is 4. The number of aryl methyl sites for hydroxylation is 1. The molecule has 0 saturated carbocycles. The molecule has 0 atom stereocenters. The Hall–Kier alpha value is -1.56. The van der Waals surface area contributed by atoms with E-state index in [4.69, 9.17) is 14.2 Å². The third-order valence-corrected chi connectivity index (χ3v) is 4.54. The van der Waals surface area contributed by atoms with E-state index in [9.17, 15) is 0 Å². The first-order valence-electron chi connectivity index (χ1n) is 8.39. The van der Waals surface area contributed by atoms with Crippen LogP contribution in [0.3, 0.4) is 0 Å². The largest absolute Gasteiger partial charge is 0.493 e. The minimum atomic E-state index is 0.510. The molecule has 0 amide bonds. The van der Waals surface area contributed by atoms with E-state index in [1.807, 2.05) is 18.2 Å². The van der Waals surface area contributed by atoms with Crippen LogP contribution >= 0.6 is 15.9 Å². The van der Waals surface area contributed by atoms with E-state index < -0.39 is 0 Å². The maximum atomic E-state index is 6.03. The van der Waals surface area contributed by atoms with Gasteiger partial charge in [-0.25, -0.2) is 0 Å². The predicted molar refractivity (Wildman–Crippen MR) is 104 cm³/mol. The molecule has 0 aliphatic rings. The molecule has 0 aliphatic heterocycles. The maximum absolute atomic E-state index is 6.03. The summed E-state index contributed by atoms with van der Waals surface area (Å²) in [7, 11) is 3.38. The lowest BCUT2D eigenvalue weighted by atomic mass is 10.1. The summed E-state index contributed by atoms with van der Waals surface area (Å²) >= 11 is 3.61. The highest BCUT2D eigenvalue weighted by Crippen LogP contribution is 2.37. The van der Waals surface area contributed by atoms with Gasteiger partial charge >= 0.3 is 0 Å². The molecule has 136 valence electrons. The van der Waals surface area contributed by atoms with E-state index in [1.165, 1.54) is 11.1 Å². The van der Waals surface area contributed by atoms with Crippen molar-refractivity contribution in [2.75, 3.05) is 27.4 Å². The van der Waals surface area contributed by atoms with E-state index in [2.05, 4.69) is 46.4 Å². The van der Waals surface area contributed by atoms with Crippen molar-refractivity contribution in [2.24, 2.45) is 0 Å². The smallest absolute Gasteiger partial charge is 0.175 e. The first-order valence-corrected chi connectivity index (χ1v) is 9.18. The van der Waals surface area contributed by atoms with Gasteiger partial charge in [-0.3, -0.25) is 0 Å². The van der Waals surface area contributed by atoms with Crippen molar-refractivity contribution in [3.8, 4) is 11.5 Å². The third kappa shape index (κ3) is 6.03. The van der Waals surface area contributed by atoms with Crippen LogP contribution in [-0.2, 0) is 17.9 Å². The maximum Gasteiger partial charge on any atom is 0.175 e. The summed E-state index contributed by atoms with van der Waals surface area (Å²) in [5.41, 5.74) is 3.53. The van der Waals surface area contributed by atoms with Crippen molar-refractivity contribution in [1.29, 1.82) is 0 Å². The molecular formula is C20H26BrNO3. The fourth-order valence-corrected chi connectivity index (χ4v) is 3.12. The Bertz CT molecular complexity index is 676. The summed E-state index contributed by atoms with van der Waals surface area (Å²) in [6.45, 7) is 5.06. The van der Waals surface area contributed by atoms with Gasteiger partial charge in [0.25, 0.3) is 0 Å². The Labute approximate surface area is 158 Å². The molecule has 0 unspecified atom stereocenters. The Morgan fingerprint density at radius 1 is 1.12 bits per heavy atom. The Morgan fingerprint density at radius 3 is 2.64 bits per heavy atom.